The average molecular weight is 733 g/mol. The minimum absolute atomic E-state index is 0. The fourth-order valence-corrected chi connectivity index (χ4v) is 8.68. The van der Waals surface area contributed by atoms with E-state index in [9.17, 15) is 0 Å². The molecule has 0 fully saturated rings. The van der Waals surface area contributed by atoms with Gasteiger partial charge >= 0.3 is 17.1 Å². The third-order valence-corrected chi connectivity index (χ3v) is 11.5. The Morgan fingerprint density at radius 1 is 0.702 bits per heavy atom. The van der Waals surface area contributed by atoms with Gasteiger partial charge in [-0.15, -0.1) is 5.10 Å². The number of rotatable bonds is 14. The van der Waals surface area contributed by atoms with Gasteiger partial charge in [0.2, 0.25) is 0 Å². The number of ether oxygens (including phenoxy) is 2. The van der Waals surface area contributed by atoms with Gasteiger partial charge in [-0.2, -0.15) is 15.3 Å². The molecule has 1 radical (unpaired) electrons. The Hall–Kier alpha value is -3.69. The number of hydrogen-bond donors (Lipinski definition) is 2. The first-order valence-corrected chi connectivity index (χ1v) is 17.7. The molecular formula is C35H38CuN6O2PS2+. The molecular weight excluding hydrogens is 695 g/mol. The van der Waals surface area contributed by atoms with Crippen LogP contribution in [-0.4, -0.2) is 54.9 Å². The summed E-state index contributed by atoms with van der Waals surface area (Å²) in [5.41, 5.74) is 1.82. The first-order valence-electron chi connectivity index (χ1n) is 14.9. The molecule has 0 aliphatic carbocycles. The van der Waals surface area contributed by atoms with Crippen LogP contribution in [0.1, 0.15) is 19.4 Å². The van der Waals surface area contributed by atoms with Crippen LogP contribution in [-0.2, 0) is 47.1 Å². The second-order valence-electron chi connectivity index (χ2n) is 9.93. The maximum atomic E-state index is 6.42. The minimum Gasteiger partial charge on any atom is -0.741 e. The molecule has 0 spiro atoms. The third kappa shape index (κ3) is 10.7. The molecule has 2 N–H and O–H groups in total. The Kier molecular flexibility index (Phi) is 15.9. The van der Waals surface area contributed by atoms with Gasteiger partial charge in [-0.3, -0.25) is 0 Å². The van der Waals surface area contributed by atoms with Crippen molar-refractivity contribution in [3.63, 3.8) is 0 Å². The topological polar surface area (TPSA) is 92.0 Å². The van der Waals surface area contributed by atoms with E-state index in [0.29, 0.717) is 37.5 Å². The van der Waals surface area contributed by atoms with Gasteiger partial charge in [-0.25, -0.2) is 0 Å². The Bertz CT molecular complexity index is 1540. The zero-order valence-corrected chi connectivity index (χ0v) is 29.9. The van der Waals surface area contributed by atoms with Gasteiger partial charge in [-0.1, -0.05) is 54.6 Å². The molecule has 0 atom stereocenters. The summed E-state index contributed by atoms with van der Waals surface area (Å²) in [7, 11) is -0.389. The van der Waals surface area contributed by atoms with E-state index in [1.54, 1.807) is 14.0 Å². The fourth-order valence-electron chi connectivity index (χ4n) is 4.71. The molecule has 0 unspecified atom stereocenters. The normalized spacial score (nSPS) is 12.7. The summed E-state index contributed by atoms with van der Waals surface area (Å²) >= 11 is 10.6. The van der Waals surface area contributed by atoms with Crippen molar-refractivity contribution in [1.82, 2.24) is 10.6 Å². The smallest absolute Gasteiger partial charge is 0.741 e. The third-order valence-electron chi connectivity index (χ3n) is 6.93. The quantitative estimate of drug-likeness (QED) is 0.0370. The molecule has 0 aromatic heterocycles. The predicted molar refractivity (Wildman–Crippen MR) is 200 cm³/mol. The van der Waals surface area contributed by atoms with Crippen LogP contribution in [0.4, 0.5) is 0 Å². The van der Waals surface area contributed by atoms with Crippen molar-refractivity contribution in [2.75, 3.05) is 33.2 Å². The van der Waals surface area contributed by atoms with E-state index in [-0.39, 0.29) is 27.4 Å². The Labute approximate surface area is 299 Å². The SMILES string of the molecule is CCOc1ccc(C(=N\N=C(/[S-])NC)/C(C)=N/N=C(\[S-])NCCOC[P+](c2ccccc2)(c2ccccc2)c2ccccc2)cc1.[Cu+2]. The summed E-state index contributed by atoms with van der Waals surface area (Å²) < 4.78 is 12.0. The number of benzene rings is 4. The summed E-state index contributed by atoms with van der Waals surface area (Å²) in [5, 5.41) is 27.2. The van der Waals surface area contributed by atoms with Gasteiger partial charge in [0.05, 0.1) is 18.9 Å². The fraction of sp³-hybridized carbons (Fsp3) is 0.200. The summed E-state index contributed by atoms with van der Waals surface area (Å²) in [4.78, 5) is 0. The molecule has 0 bridgehead atoms. The molecule has 12 heteroatoms. The van der Waals surface area contributed by atoms with Gasteiger partial charge in [0, 0.05) is 19.2 Å². The first kappa shape index (κ1) is 37.8. The van der Waals surface area contributed by atoms with Crippen molar-refractivity contribution in [1.29, 1.82) is 0 Å². The van der Waals surface area contributed by atoms with Crippen LogP contribution < -0.4 is 31.3 Å². The Morgan fingerprint density at radius 2 is 1.21 bits per heavy atom. The van der Waals surface area contributed by atoms with Crippen molar-refractivity contribution in [2.45, 2.75) is 13.8 Å². The molecule has 4 aromatic carbocycles. The van der Waals surface area contributed by atoms with Crippen LogP contribution in [0.5, 0.6) is 5.75 Å². The molecule has 47 heavy (non-hydrogen) atoms. The molecule has 0 saturated carbocycles. The van der Waals surface area contributed by atoms with Crippen molar-refractivity contribution >= 4 is 70.2 Å². The van der Waals surface area contributed by atoms with Gasteiger partial charge in [0.1, 0.15) is 34.6 Å². The maximum Gasteiger partial charge on any atom is 2.00 e. The molecule has 0 aliphatic rings. The van der Waals surface area contributed by atoms with Gasteiger partial charge in [-0.05, 0) is 84.8 Å². The standard InChI is InChI=1S/C35H39N6O2PS2.Cu/c1-4-43-29-22-20-28(21-23-29)33(39-40-34(45)36-3)27(2)38-41-35(46)37-24-25-42-26-44(30-14-8-5-9-15-30,31-16-10-6-11-17-31)32-18-12-7-13-19-32;/h5-23H,4,24-26H2,1-3H3,(H3-,36,37,38,39,40,41,45,46);/q;+2/p-1. The van der Waals surface area contributed by atoms with Crippen LogP contribution in [0, 0.1) is 0 Å². The zero-order valence-electron chi connectivity index (χ0n) is 26.5. The Balaban J connectivity index is 0.00000600. The summed E-state index contributed by atoms with van der Waals surface area (Å²) in [5.74, 6) is 0.760. The minimum atomic E-state index is -2.08. The van der Waals surface area contributed by atoms with Gasteiger partial charge in [0.25, 0.3) is 0 Å². The molecule has 0 heterocycles. The molecule has 0 aliphatic heterocycles. The van der Waals surface area contributed by atoms with Crippen LogP contribution in [0.25, 0.3) is 0 Å². The second-order valence-corrected chi connectivity index (χ2v) is 14.1. The van der Waals surface area contributed by atoms with Gasteiger partial charge < -0.3 is 45.4 Å². The molecule has 0 saturated heterocycles. The van der Waals surface area contributed by atoms with Crippen LogP contribution in [0.2, 0.25) is 0 Å². The number of amidine groups is 2. The zero-order chi connectivity index (χ0) is 32.6. The molecule has 4 rings (SSSR count). The van der Waals surface area contributed by atoms with E-state index in [0.717, 1.165) is 11.3 Å². The average Bonchev–Trinajstić information content (AvgIpc) is 3.11. The summed E-state index contributed by atoms with van der Waals surface area (Å²) in [6.07, 6.45) is 0.549. The number of nitrogens with one attached hydrogen (secondary N) is 2. The van der Waals surface area contributed by atoms with E-state index in [4.69, 9.17) is 34.7 Å². The van der Waals surface area contributed by atoms with Crippen LogP contribution in [0.3, 0.4) is 0 Å². The van der Waals surface area contributed by atoms with Crippen molar-refractivity contribution < 1.29 is 26.5 Å². The predicted octanol–water partition coefficient (Wildman–Crippen LogP) is 4.75. The molecule has 247 valence electrons. The second kappa shape index (κ2) is 19.9. The monoisotopic (exact) mass is 732 g/mol. The summed E-state index contributed by atoms with van der Waals surface area (Å²) in [6.45, 7) is 5.22. The van der Waals surface area contributed by atoms with E-state index in [1.807, 2.05) is 49.4 Å². The number of nitrogens with zero attached hydrogens (tertiary/aromatic N) is 4. The largest absolute Gasteiger partial charge is 2.00 e. The number of hydrogen-bond acceptors (Lipinski definition) is 8. The van der Waals surface area contributed by atoms with E-state index < -0.39 is 7.26 Å². The molecule has 8 nitrogen and oxygen atoms in total. The molecule has 0 amide bonds. The summed E-state index contributed by atoms with van der Waals surface area (Å²) in [6, 6.07) is 39.4. The maximum absolute atomic E-state index is 6.42. The van der Waals surface area contributed by atoms with E-state index >= 15 is 0 Å². The first-order chi connectivity index (χ1) is 22.5. The van der Waals surface area contributed by atoms with Gasteiger partial charge in [0.15, 0.2) is 6.35 Å². The van der Waals surface area contributed by atoms with Crippen LogP contribution >= 0.6 is 7.26 Å². The molecule has 4 aromatic rings. The van der Waals surface area contributed by atoms with Crippen molar-refractivity contribution in [3.05, 3.63) is 121 Å². The van der Waals surface area contributed by atoms with E-state index in [2.05, 4.69) is 104 Å². The Morgan fingerprint density at radius 3 is 1.70 bits per heavy atom. The van der Waals surface area contributed by atoms with Crippen molar-refractivity contribution in [3.8, 4) is 5.75 Å². The van der Waals surface area contributed by atoms with Crippen molar-refractivity contribution in [2.24, 2.45) is 20.4 Å². The van der Waals surface area contributed by atoms with Crippen LogP contribution in [0.15, 0.2) is 136 Å². The van der Waals surface area contributed by atoms with E-state index in [1.165, 1.54) is 15.9 Å².